The zero-order chi connectivity index (χ0) is 17.0. The number of rotatable bonds is 7. The maximum absolute atomic E-state index is 12.0. The normalized spacial score (nSPS) is 14.0. The van der Waals surface area contributed by atoms with Crippen LogP contribution >= 0.6 is 0 Å². The van der Waals surface area contributed by atoms with Crippen LogP contribution in [0.15, 0.2) is 6.33 Å². The van der Waals surface area contributed by atoms with Crippen molar-refractivity contribution in [3.63, 3.8) is 0 Å². The van der Waals surface area contributed by atoms with E-state index in [-0.39, 0.29) is 11.8 Å². The van der Waals surface area contributed by atoms with Crippen molar-refractivity contribution in [1.82, 2.24) is 24.9 Å². The molecular weight excluding hydrogens is 294 g/mol. The second-order valence-electron chi connectivity index (χ2n) is 5.99. The van der Waals surface area contributed by atoms with Gasteiger partial charge < -0.3 is 10.4 Å². The van der Waals surface area contributed by atoms with Gasteiger partial charge in [-0.1, -0.05) is 20.3 Å². The van der Waals surface area contributed by atoms with Crippen LogP contribution in [0.5, 0.6) is 0 Å². The third-order valence-corrected chi connectivity index (χ3v) is 4.40. The Kier molecular flexibility index (Phi) is 5.65. The summed E-state index contributed by atoms with van der Waals surface area (Å²) in [7, 11) is 0. The minimum absolute atomic E-state index is 0.0650. The van der Waals surface area contributed by atoms with Crippen LogP contribution in [0.1, 0.15) is 43.6 Å². The molecule has 0 fully saturated rings. The largest absolute Gasteiger partial charge is 0.391 e. The van der Waals surface area contributed by atoms with Crippen LogP contribution in [0.3, 0.4) is 0 Å². The fourth-order valence-electron chi connectivity index (χ4n) is 2.54. The van der Waals surface area contributed by atoms with E-state index in [0.717, 1.165) is 23.4 Å². The highest BCUT2D eigenvalue weighted by atomic mass is 16.3. The summed E-state index contributed by atoms with van der Waals surface area (Å²) in [4.78, 5) is 20.5. The number of carbonyl (C=O) groups is 1. The quantitative estimate of drug-likeness (QED) is 0.800. The van der Waals surface area contributed by atoms with Gasteiger partial charge in [0.1, 0.15) is 6.33 Å². The van der Waals surface area contributed by atoms with Crippen molar-refractivity contribution in [2.45, 2.75) is 53.1 Å². The summed E-state index contributed by atoms with van der Waals surface area (Å²) in [6.45, 7) is 8.17. The topological polar surface area (TPSA) is 92.4 Å². The molecule has 7 heteroatoms. The van der Waals surface area contributed by atoms with E-state index in [1.807, 2.05) is 27.7 Å². The molecule has 2 heterocycles. The standard InChI is InChI=1S/C16H25N5O2/c1-5-10(2)14(22)8-17-15(23)7-6-13-11(3)20-16-18-9-19-21(16)12(13)4/h9-10,14,22H,5-8H2,1-4H3,(H,17,23). The molecule has 2 aromatic rings. The van der Waals surface area contributed by atoms with Gasteiger partial charge in [-0.2, -0.15) is 10.1 Å². The molecule has 126 valence electrons. The molecule has 7 nitrogen and oxygen atoms in total. The highest BCUT2D eigenvalue weighted by molar-refractivity contribution is 5.76. The minimum Gasteiger partial charge on any atom is -0.391 e. The molecule has 0 saturated carbocycles. The molecule has 0 aliphatic rings. The zero-order valence-electron chi connectivity index (χ0n) is 14.2. The summed E-state index contributed by atoms with van der Waals surface area (Å²) in [6, 6.07) is 0. The van der Waals surface area contributed by atoms with Gasteiger partial charge in [0.2, 0.25) is 5.91 Å². The highest BCUT2D eigenvalue weighted by Gasteiger charge is 2.15. The molecule has 2 aromatic heterocycles. The number of hydrogen-bond acceptors (Lipinski definition) is 5. The van der Waals surface area contributed by atoms with E-state index >= 15 is 0 Å². The Balaban J connectivity index is 1.94. The van der Waals surface area contributed by atoms with Gasteiger partial charge in [0, 0.05) is 24.4 Å². The molecule has 0 aliphatic heterocycles. The lowest BCUT2D eigenvalue weighted by Gasteiger charge is -2.17. The smallest absolute Gasteiger partial charge is 0.252 e. The average molecular weight is 319 g/mol. The molecule has 2 rings (SSSR count). The van der Waals surface area contributed by atoms with E-state index in [2.05, 4.69) is 20.4 Å². The maximum atomic E-state index is 12.0. The van der Waals surface area contributed by atoms with Crippen molar-refractivity contribution in [3.8, 4) is 0 Å². The predicted molar refractivity (Wildman–Crippen MR) is 87.0 cm³/mol. The van der Waals surface area contributed by atoms with E-state index in [1.165, 1.54) is 6.33 Å². The van der Waals surface area contributed by atoms with Crippen LogP contribution in [-0.2, 0) is 11.2 Å². The Morgan fingerprint density at radius 1 is 1.43 bits per heavy atom. The minimum atomic E-state index is -0.499. The van der Waals surface area contributed by atoms with Crippen LogP contribution in [0.4, 0.5) is 0 Å². The number of aryl methyl sites for hydroxylation is 2. The molecule has 2 N–H and O–H groups in total. The van der Waals surface area contributed by atoms with Crippen LogP contribution < -0.4 is 5.32 Å². The number of aliphatic hydroxyl groups is 1. The lowest BCUT2D eigenvalue weighted by molar-refractivity contribution is -0.121. The fraction of sp³-hybridized carbons (Fsp3) is 0.625. The molecule has 23 heavy (non-hydrogen) atoms. The number of fused-ring (bicyclic) bond motifs is 1. The molecule has 0 radical (unpaired) electrons. The number of hydrogen-bond donors (Lipinski definition) is 2. The Morgan fingerprint density at radius 3 is 2.87 bits per heavy atom. The first-order chi connectivity index (χ1) is 10.9. The lowest BCUT2D eigenvalue weighted by Crippen LogP contribution is -2.35. The average Bonchev–Trinajstić information content (AvgIpc) is 2.99. The van der Waals surface area contributed by atoms with Crippen LogP contribution in [-0.4, -0.2) is 43.2 Å². The monoisotopic (exact) mass is 319 g/mol. The predicted octanol–water partition coefficient (Wildman–Crippen LogP) is 1.20. The number of nitrogens with one attached hydrogen (secondary N) is 1. The van der Waals surface area contributed by atoms with Gasteiger partial charge in [-0.15, -0.1) is 0 Å². The fourth-order valence-corrected chi connectivity index (χ4v) is 2.54. The van der Waals surface area contributed by atoms with Crippen molar-refractivity contribution < 1.29 is 9.90 Å². The van der Waals surface area contributed by atoms with E-state index in [9.17, 15) is 9.90 Å². The molecule has 0 spiro atoms. The van der Waals surface area contributed by atoms with Crippen molar-refractivity contribution in [2.24, 2.45) is 5.92 Å². The molecule has 0 aliphatic carbocycles. The Hall–Kier alpha value is -2.02. The zero-order valence-corrected chi connectivity index (χ0v) is 14.2. The van der Waals surface area contributed by atoms with E-state index in [1.54, 1.807) is 4.52 Å². The molecular formula is C16H25N5O2. The van der Waals surface area contributed by atoms with Gasteiger partial charge in [-0.05, 0) is 31.7 Å². The van der Waals surface area contributed by atoms with Gasteiger partial charge >= 0.3 is 0 Å². The van der Waals surface area contributed by atoms with Crippen LogP contribution in [0.2, 0.25) is 0 Å². The van der Waals surface area contributed by atoms with Gasteiger partial charge in [0.25, 0.3) is 5.78 Å². The van der Waals surface area contributed by atoms with E-state index < -0.39 is 6.10 Å². The molecule has 2 atom stereocenters. The molecule has 0 aromatic carbocycles. The number of aliphatic hydroxyl groups excluding tert-OH is 1. The number of carbonyl (C=O) groups excluding carboxylic acids is 1. The summed E-state index contributed by atoms with van der Waals surface area (Å²) < 4.78 is 1.69. The number of amides is 1. The van der Waals surface area contributed by atoms with Gasteiger partial charge in [0.15, 0.2) is 0 Å². The van der Waals surface area contributed by atoms with E-state index in [4.69, 9.17) is 0 Å². The van der Waals surface area contributed by atoms with Crippen molar-refractivity contribution in [3.05, 3.63) is 23.3 Å². The first-order valence-corrected chi connectivity index (χ1v) is 8.04. The summed E-state index contributed by atoms with van der Waals surface area (Å²) in [5.74, 6) is 0.688. The lowest BCUT2D eigenvalue weighted by atomic mass is 10.0. The number of nitrogens with zero attached hydrogens (tertiary/aromatic N) is 4. The first kappa shape index (κ1) is 17.3. The van der Waals surface area contributed by atoms with E-state index in [0.29, 0.717) is 25.2 Å². The summed E-state index contributed by atoms with van der Waals surface area (Å²) in [5.41, 5.74) is 2.84. The Bertz CT molecular complexity index is 682. The summed E-state index contributed by atoms with van der Waals surface area (Å²) in [5, 5.41) is 16.8. The highest BCUT2D eigenvalue weighted by Crippen LogP contribution is 2.15. The van der Waals surface area contributed by atoms with Gasteiger partial charge in [-0.3, -0.25) is 4.79 Å². The van der Waals surface area contributed by atoms with Crippen molar-refractivity contribution in [2.75, 3.05) is 6.54 Å². The second-order valence-corrected chi connectivity index (χ2v) is 5.99. The second kappa shape index (κ2) is 7.50. The van der Waals surface area contributed by atoms with Crippen molar-refractivity contribution in [1.29, 1.82) is 0 Å². The molecule has 2 unspecified atom stereocenters. The maximum Gasteiger partial charge on any atom is 0.252 e. The van der Waals surface area contributed by atoms with Crippen LogP contribution in [0, 0.1) is 19.8 Å². The SMILES string of the molecule is CCC(C)C(O)CNC(=O)CCc1c(C)nc2ncnn2c1C. The summed E-state index contributed by atoms with van der Waals surface area (Å²) in [6.07, 6.45) is 2.81. The number of aromatic nitrogens is 4. The molecule has 0 saturated heterocycles. The summed E-state index contributed by atoms with van der Waals surface area (Å²) >= 11 is 0. The van der Waals surface area contributed by atoms with Gasteiger partial charge in [-0.25, -0.2) is 9.50 Å². The third-order valence-electron chi connectivity index (χ3n) is 4.40. The third kappa shape index (κ3) is 4.04. The van der Waals surface area contributed by atoms with Crippen LogP contribution in [0.25, 0.3) is 5.78 Å². The van der Waals surface area contributed by atoms with Crippen molar-refractivity contribution >= 4 is 11.7 Å². The van der Waals surface area contributed by atoms with Gasteiger partial charge in [0.05, 0.1) is 6.10 Å². The molecule has 1 amide bonds. The molecule has 0 bridgehead atoms. The Morgan fingerprint density at radius 2 is 2.17 bits per heavy atom. The Labute approximate surface area is 136 Å². The first-order valence-electron chi connectivity index (χ1n) is 8.04.